The van der Waals surface area contributed by atoms with Gasteiger partial charge in [0.15, 0.2) is 0 Å². The number of nitrogens with zero attached hydrogens (tertiary/aromatic N) is 1. The van der Waals surface area contributed by atoms with Gasteiger partial charge in [0, 0.05) is 49.2 Å². The number of fused-ring (bicyclic) bond motifs is 2. The van der Waals surface area contributed by atoms with Crippen LogP contribution in [0.2, 0.25) is 0 Å². The highest BCUT2D eigenvalue weighted by Crippen LogP contribution is 2.26. The zero-order chi connectivity index (χ0) is 43.3. The fourth-order valence-corrected chi connectivity index (χ4v) is 6.15. The third-order valence-electron chi connectivity index (χ3n) is 9.42. The molecule has 60 heavy (non-hydrogen) atoms. The number of benzene rings is 3. The van der Waals surface area contributed by atoms with Gasteiger partial charge in [-0.1, -0.05) is 68.2 Å². The van der Waals surface area contributed by atoms with Crippen LogP contribution in [-0.4, -0.2) is 92.3 Å². The van der Waals surface area contributed by atoms with Gasteiger partial charge in [-0.25, -0.2) is 4.79 Å². The van der Waals surface area contributed by atoms with E-state index in [0.29, 0.717) is 29.9 Å². The smallest absolute Gasteiger partial charge is 0.312 e. The zero-order valence-electron chi connectivity index (χ0n) is 34.1. The molecule has 320 valence electrons. The number of aliphatic hydroxyl groups excluding tert-OH is 1. The lowest BCUT2D eigenvalue weighted by atomic mass is 10.0. The maximum Gasteiger partial charge on any atom is 0.312 e. The van der Waals surface area contributed by atoms with Gasteiger partial charge in [0.25, 0.3) is 0 Å². The minimum absolute atomic E-state index is 0.0169. The molecule has 0 aromatic heterocycles. The monoisotopic (exact) mass is 825 g/mol. The SMILES string of the molecule is CC(C)[C@H](NC(=O)CCOCCOCCNC(=O)CCC(=O)N1Cc2ccccc2C#Cc2ccccc21)C(=O)N[C@@H](CCCNC(N)=O)C(=O)Nc1ccc(CO)cc1. The molecule has 16 nitrogen and oxygen atoms in total. The largest absolute Gasteiger partial charge is 0.392 e. The Morgan fingerprint density at radius 3 is 2.15 bits per heavy atom. The van der Waals surface area contributed by atoms with Gasteiger partial charge in [-0.3, -0.25) is 24.0 Å². The number of aliphatic hydroxyl groups is 1. The maximum absolute atomic E-state index is 13.4. The molecule has 7 amide bonds. The number of hydrogen-bond donors (Lipinski definition) is 7. The molecule has 8 N–H and O–H groups in total. The zero-order valence-corrected chi connectivity index (χ0v) is 34.1. The highest BCUT2D eigenvalue weighted by molar-refractivity contribution is 5.99. The minimum atomic E-state index is -0.989. The quantitative estimate of drug-likeness (QED) is 0.0550. The molecule has 4 rings (SSSR count). The Balaban J connectivity index is 1.12. The van der Waals surface area contributed by atoms with Crippen LogP contribution < -0.4 is 37.2 Å². The lowest BCUT2D eigenvalue weighted by Crippen LogP contribution is -2.54. The molecule has 16 heteroatoms. The molecule has 1 aliphatic heterocycles. The second kappa shape index (κ2) is 24.6. The highest BCUT2D eigenvalue weighted by atomic mass is 16.5. The molecule has 2 atom stereocenters. The molecule has 0 bridgehead atoms. The number of anilines is 2. The van der Waals surface area contributed by atoms with Crippen LogP contribution in [0.4, 0.5) is 16.2 Å². The second-order valence-corrected chi connectivity index (χ2v) is 14.4. The molecule has 0 spiro atoms. The number of para-hydroxylation sites is 1. The van der Waals surface area contributed by atoms with Gasteiger partial charge in [0.1, 0.15) is 12.1 Å². The number of rotatable bonds is 23. The van der Waals surface area contributed by atoms with Gasteiger partial charge in [0.05, 0.1) is 45.3 Å². The normalized spacial score (nSPS) is 12.6. The van der Waals surface area contributed by atoms with Gasteiger partial charge in [-0.2, -0.15) is 0 Å². The Labute approximate surface area is 350 Å². The van der Waals surface area contributed by atoms with Gasteiger partial charge in [-0.15, -0.1) is 0 Å². The third kappa shape index (κ3) is 15.5. The number of amides is 7. The summed E-state index contributed by atoms with van der Waals surface area (Å²) in [6.45, 7) is 4.87. The summed E-state index contributed by atoms with van der Waals surface area (Å²) >= 11 is 0. The number of urea groups is 1. The molecule has 0 radical (unpaired) electrons. The fourth-order valence-electron chi connectivity index (χ4n) is 6.15. The van der Waals surface area contributed by atoms with E-state index in [1.165, 1.54) is 0 Å². The third-order valence-corrected chi connectivity index (χ3v) is 9.42. The van der Waals surface area contributed by atoms with Crippen molar-refractivity contribution in [1.29, 1.82) is 0 Å². The number of ether oxygens (including phenoxy) is 2. The second-order valence-electron chi connectivity index (χ2n) is 14.4. The van der Waals surface area contributed by atoms with Gasteiger partial charge in [0.2, 0.25) is 29.5 Å². The molecule has 0 saturated carbocycles. The van der Waals surface area contributed by atoms with Crippen LogP contribution in [0.3, 0.4) is 0 Å². The first-order valence-corrected chi connectivity index (χ1v) is 20.0. The van der Waals surface area contributed by atoms with E-state index in [2.05, 4.69) is 38.4 Å². The average molecular weight is 826 g/mol. The van der Waals surface area contributed by atoms with E-state index in [4.69, 9.17) is 15.2 Å². The minimum Gasteiger partial charge on any atom is -0.392 e. The number of nitrogens with one attached hydrogen (secondary N) is 5. The maximum atomic E-state index is 13.4. The van der Waals surface area contributed by atoms with Gasteiger partial charge >= 0.3 is 6.03 Å². The molecular formula is C44H55N7O9. The van der Waals surface area contributed by atoms with Crippen LogP contribution in [0.1, 0.15) is 68.2 Å². The summed E-state index contributed by atoms with van der Waals surface area (Å²) in [5.41, 5.74) is 9.53. The first kappa shape index (κ1) is 46.4. The summed E-state index contributed by atoms with van der Waals surface area (Å²) in [6.07, 6.45) is 0.530. The Morgan fingerprint density at radius 1 is 0.750 bits per heavy atom. The van der Waals surface area contributed by atoms with E-state index in [-0.39, 0.29) is 89.5 Å². The van der Waals surface area contributed by atoms with E-state index in [9.17, 15) is 33.9 Å². The molecule has 0 fully saturated rings. The summed E-state index contributed by atoms with van der Waals surface area (Å²) < 4.78 is 11.1. The molecule has 3 aromatic carbocycles. The first-order chi connectivity index (χ1) is 28.9. The number of primary amides is 1. The van der Waals surface area contributed by atoms with E-state index in [1.54, 1.807) is 43.0 Å². The van der Waals surface area contributed by atoms with Crippen molar-refractivity contribution in [2.45, 2.75) is 71.2 Å². The Bertz CT molecular complexity index is 1990. The standard InChI is InChI=1S/C44H55N7O9/c1-30(2)41(43(57)49-36(11-7-22-47-44(45)58)42(56)48-35-17-13-31(29-52)14-18-35)50-39(54)21-24-59-26-27-60-25-23-46-38(53)19-20-40(55)51-28-34-10-4-3-8-32(34)15-16-33-9-5-6-12-37(33)51/h3-6,8-10,12-14,17-18,30,36,41,52H,7,11,19-29H2,1-2H3,(H,46,53)(H,48,56)(H,49,57)(H,50,54)(H3,45,47,58)/t36-,41-/m0/s1. The van der Waals surface area contributed by atoms with Crippen LogP contribution in [0.5, 0.6) is 0 Å². The van der Waals surface area contributed by atoms with Gasteiger partial charge in [-0.05, 0) is 60.2 Å². The Hall–Kier alpha value is -6.28. The predicted molar refractivity (Wildman–Crippen MR) is 225 cm³/mol. The Kier molecular flexibility index (Phi) is 19.0. The van der Waals surface area contributed by atoms with Crippen LogP contribution in [0.25, 0.3) is 0 Å². The van der Waals surface area contributed by atoms with Crippen LogP contribution in [0, 0.1) is 17.8 Å². The summed E-state index contributed by atoms with van der Waals surface area (Å²) in [6, 6.07) is 19.1. The molecule has 0 aliphatic carbocycles. The summed E-state index contributed by atoms with van der Waals surface area (Å²) in [5, 5.41) is 22.7. The Morgan fingerprint density at radius 2 is 1.43 bits per heavy atom. The molecule has 1 aliphatic rings. The van der Waals surface area contributed by atoms with E-state index in [0.717, 1.165) is 16.7 Å². The summed E-state index contributed by atoms with van der Waals surface area (Å²) in [5.74, 6) is 4.13. The van der Waals surface area contributed by atoms with Crippen molar-refractivity contribution >= 4 is 46.9 Å². The van der Waals surface area contributed by atoms with Crippen molar-refractivity contribution < 1.29 is 43.3 Å². The molecule has 0 saturated heterocycles. The van der Waals surface area contributed by atoms with Crippen molar-refractivity contribution in [2.24, 2.45) is 11.7 Å². The number of hydrogen-bond acceptors (Lipinski definition) is 9. The lowest BCUT2D eigenvalue weighted by Gasteiger charge is -2.26. The molecular weight excluding hydrogens is 771 g/mol. The van der Waals surface area contributed by atoms with E-state index < -0.39 is 35.8 Å². The topological polar surface area (TPSA) is 231 Å². The molecule has 0 unspecified atom stereocenters. The summed E-state index contributed by atoms with van der Waals surface area (Å²) in [4.78, 5) is 78.0. The predicted octanol–water partition coefficient (Wildman–Crippen LogP) is 2.46. The highest BCUT2D eigenvalue weighted by Gasteiger charge is 2.29. The van der Waals surface area contributed by atoms with Crippen LogP contribution in [0.15, 0.2) is 72.8 Å². The van der Waals surface area contributed by atoms with E-state index in [1.807, 2.05) is 48.5 Å². The van der Waals surface area contributed by atoms with Crippen molar-refractivity contribution in [3.63, 3.8) is 0 Å². The number of carbonyl (C=O) groups is 6. The van der Waals surface area contributed by atoms with Crippen LogP contribution in [-0.2, 0) is 46.6 Å². The average Bonchev–Trinajstić information content (AvgIpc) is 3.23. The van der Waals surface area contributed by atoms with Crippen LogP contribution >= 0.6 is 0 Å². The van der Waals surface area contributed by atoms with Crippen molar-refractivity contribution in [3.8, 4) is 11.8 Å². The van der Waals surface area contributed by atoms with Gasteiger partial charge < -0.3 is 51.8 Å². The van der Waals surface area contributed by atoms with E-state index >= 15 is 0 Å². The number of nitrogens with two attached hydrogens (primary N) is 1. The van der Waals surface area contributed by atoms with Crippen molar-refractivity contribution in [2.75, 3.05) is 49.7 Å². The number of carbonyl (C=O) groups excluding carboxylic acids is 6. The molecule has 1 heterocycles. The van der Waals surface area contributed by atoms with Crippen molar-refractivity contribution in [1.82, 2.24) is 21.3 Å². The lowest BCUT2D eigenvalue weighted by molar-refractivity contribution is -0.132. The fraction of sp³-hybridized carbons (Fsp3) is 0.409. The molecule has 3 aromatic rings. The van der Waals surface area contributed by atoms with Crippen molar-refractivity contribution in [3.05, 3.63) is 95.1 Å². The summed E-state index contributed by atoms with van der Waals surface area (Å²) in [7, 11) is 0. The first-order valence-electron chi connectivity index (χ1n) is 20.0.